The van der Waals surface area contributed by atoms with Crippen molar-refractivity contribution >= 4 is 0 Å². The van der Waals surface area contributed by atoms with Gasteiger partial charge in [-0.25, -0.2) is 0 Å². The first-order valence-corrected chi connectivity index (χ1v) is 18.9. The molecule has 1 saturated heterocycles. The summed E-state index contributed by atoms with van der Waals surface area (Å²) in [6.07, 6.45) is 26.6. The minimum atomic E-state index is -0.336. The molecule has 1 aliphatic heterocycles. The van der Waals surface area contributed by atoms with E-state index in [-0.39, 0.29) is 5.41 Å². The summed E-state index contributed by atoms with van der Waals surface area (Å²) in [5, 5.41) is 0. The van der Waals surface area contributed by atoms with E-state index < -0.39 is 0 Å². The monoisotopic (exact) mass is 631 g/mol. The summed E-state index contributed by atoms with van der Waals surface area (Å²) in [5.74, 6) is 0. The Labute approximate surface area is 273 Å². The maximum Gasteiger partial charge on any atom is 0.0701 e. The third-order valence-electron chi connectivity index (χ3n) is 8.41. The second-order valence-corrected chi connectivity index (χ2v) is 12.9. The Morgan fingerprint density at radius 3 is 0.955 bits per heavy atom. The maximum absolute atomic E-state index is 6.29. The lowest BCUT2D eigenvalue weighted by atomic mass is 9.92. The van der Waals surface area contributed by atoms with Gasteiger partial charge in [-0.1, -0.05) is 129 Å². The number of hydrogen-bond donors (Lipinski definition) is 0. The lowest BCUT2D eigenvalue weighted by molar-refractivity contribution is -0.117. The van der Waals surface area contributed by atoms with Crippen molar-refractivity contribution in [1.29, 1.82) is 0 Å². The first kappa shape index (κ1) is 41.7. The Morgan fingerprint density at radius 2 is 0.636 bits per heavy atom. The third-order valence-corrected chi connectivity index (χ3v) is 8.41. The first-order valence-electron chi connectivity index (χ1n) is 18.9. The average Bonchev–Trinajstić information content (AvgIpc) is 3.03. The van der Waals surface area contributed by atoms with Gasteiger partial charge in [0.2, 0.25) is 0 Å². The molecule has 1 heterocycles. The number of unbranched alkanes of at least 4 members (excludes halogenated alkanes) is 18. The minimum absolute atomic E-state index is 0.336. The molecule has 0 N–H and O–H groups in total. The van der Waals surface area contributed by atoms with Crippen molar-refractivity contribution in [1.82, 2.24) is 0 Å². The van der Waals surface area contributed by atoms with Gasteiger partial charge in [-0.2, -0.15) is 0 Å². The van der Waals surface area contributed by atoms with Gasteiger partial charge in [0.15, 0.2) is 0 Å². The molecule has 7 nitrogen and oxygen atoms in total. The van der Waals surface area contributed by atoms with Crippen LogP contribution >= 0.6 is 0 Å². The zero-order valence-electron chi connectivity index (χ0n) is 29.4. The van der Waals surface area contributed by atoms with Gasteiger partial charge in [-0.3, -0.25) is 0 Å². The van der Waals surface area contributed by atoms with Crippen LogP contribution in [0.25, 0.3) is 0 Å². The highest BCUT2D eigenvalue weighted by molar-refractivity contribution is 4.79. The van der Waals surface area contributed by atoms with Crippen LogP contribution in [0.4, 0.5) is 0 Å². The van der Waals surface area contributed by atoms with Crippen LogP contribution < -0.4 is 0 Å². The van der Waals surface area contributed by atoms with Gasteiger partial charge >= 0.3 is 0 Å². The SMILES string of the molecule is CCCCCCCCCCCCOCC1(COCCCCCCCCCCCC)COCCOCCOCCOCCOC1. The standard InChI is InChI=1S/C37H74O7/c1-3-5-7-9-11-13-15-17-19-21-23-41-33-37(34-42-24-22-20-18-16-14-12-10-8-6-4-2)35-43-31-29-39-27-25-38-26-28-40-30-32-44-36-37/h3-36H2,1-2H3. The molecule has 0 unspecified atom stereocenters. The normalized spacial score (nSPS) is 17.6. The molecule has 264 valence electrons. The van der Waals surface area contributed by atoms with Gasteiger partial charge in [0.05, 0.1) is 84.7 Å². The van der Waals surface area contributed by atoms with Crippen LogP contribution in [0.5, 0.6) is 0 Å². The van der Waals surface area contributed by atoms with Crippen molar-refractivity contribution in [3.63, 3.8) is 0 Å². The summed E-state index contributed by atoms with van der Waals surface area (Å²) in [5.41, 5.74) is -0.336. The molecule has 0 aromatic carbocycles. The van der Waals surface area contributed by atoms with E-state index in [0.29, 0.717) is 79.3 Å². The average molecular weight is 631 g/mol. The van der Waals surface area contributed by atoms with Gasteiger partial charge in [-0.05, 0) is 12.8 Å². The fourth-order valence-electron chi connectivity index (χ4n) is 5.57. The van der Waals surface area contributed by atoms with Crippen LogP contribution in [-0.4, -0.2) is 92.5 Å². The summed E-state index contributed by atoms with van der Waals surface area (Å²) in [6.45, 7) is 12.8. The van der Waals surface area contributed by atoms with E-state index in [9.17, 15) is 0 Å². The van der Waals surface area contributed by atoms with E-state index >= 15 is 0 Å². The van der Waals surface area contributed by atoms with Crippen molar-refractivity contribution < 1.29 is 33.2 Å². The van der Waals surface area contributed by atoms with E-state index in [1.165, 1.54) is 116 Å². The van der Waals surface area contributed by atoms with Crippen molar-refractivity contribution in [2.45, 2.75) is 142 Å². The Bertz CT molecular complexity index is 502. The molecule has 0 atom stereocenters. The Kier molecular flexibility index (Phi) is 32.3. The molecule has 0 aliphatic carbocycles. The van der Waals surface area contributed by atoms with Crippen molar-refractivity contribution in [3.8, 4) is 0 Å². The summed E-state index contributed by atoms with van der Waals surface area (Å²) >= 11 is 0. The van der Waals surface area contributed by atoms with Crippen LogP contribution in [0.1, 0.15) is 142 Å². The second-order valence-electron chi connectivity index (χ2n) is 12.9. The topological polar surface area (TPSA) is 64.6 Å². The predicted octanol–water partition coefficient (Wildman–Crippen LogP) is 8.94. The van der Waals surface area contributed by atoms with E-state index in [0.717, 1.165) is 26.1 Å². The molecule has 0 aromatic rings. The minimum Gasteiger partial charge on any atom is -0.381 e. The summed E-state index contributed by atoms with van der Waals surface area (Å²) in [7, 11) is 0. The summed E-state index contributed by atoms with van der Waals surface area (Å²) in [6, 6.07) is 0. The Morgan fingerprint density at radius 1 is 0.364 bits per heavy atom. The summed E-state index contributed by atoms with van der Waals surface area (Å²) < 4.78 is 41.7. The highest BCUT2D eigenvalue weighted by Crippen LogP contribution is 2.22. The van der Waals surface area contributed by atoms with Gasteiger partial charge < -0.3 is 33.2 Å². The van der Waals surface area contributed by atoms with Gasteiger partial charge in [-0.15, -0.1) is 0 Å². The van der Waals surface area contributed by atoms with E-state index in [2.05, 4.69) is 13.8 Å². The first-order chi connectivity index (χ1) is 21.8. The number of rotatable bonds is 26. The molecule has 0 spiro atoms. The lowest BCUT2D eigenvalue weighted by Crippen LogP contribution is -2.42. The van der Waals surface area contributed by atoms with Crippen molar-refractivity contribution in [2.75, 3.05) is 92.5 Å². The largest absolute Gasteiger partial charge is 0.381 e. The zero-order chi connectivity index (χ0) is 31.5. The van der Waals surface area contributed by atoms with Crippen molar-refractivity contribution in [3.05, 3.63) is 0 Å². The summed E-state index contributed by atoms with van der Waals surface area (Å²) in [4.78, 5) is 0. The molecule has 0 bridgehead atoms. The van der Waals surface area contributed by atoms with Gasteiger partial charge in [0.1, 0.15) is 0 Å². The molecule has 0 amide bonds. The van der Waals surface area contributed by atoms with Crippen LogP contribution in [-0.2, 0) is 33.2 Å². The second kappa shape index (κ2) is 34.1. The molecule has 0 aromatic heterocycles. The van der Waals surface area contributed by atoms with Crippen LogP contribution in [0.3, 0.4) is 0 Å². The van der Waals surface area contributed by atoms with E-state index in [4.69, 9.17) is 33.2 Å². The molecule has 0 saturated carbocycles. The van der Waals surface area contributed by atoms with Crippen LogP contribution in [0.2, 0.25) is 0 Å². The highest BCUT2D eigenvalue weighted by atomic mass is 16.6. The third kappa shape index (κ3) is 28.0. The Hall–Kier alpha value is -0.280. The molecule has 1 fully saturated rings. The molecule has 1 rings (SSSR count). The maximum atomic E-state index is 6.29. The zero-order valence-corrected chi connectivity index (χ0v) is 29.4. The lowest BCUT2D eigenvalue weighted by Gasteiger charge is -2.33. The predicted molar refractivity (Wildman–Crippen MR) is 182 cm³/mol. The Balaban J connectivity index is 2.43. The van der Waals surface area contributed by atoms with Gasteiger partial charge in [0.25, 0.3) is 0 Å². The quantitative estimate of drug-likeness (QED) is 0.0884. The van der Waals surface area contributed by atoms with Crippen LogP contribution in [0, 0.1) is 5.41 Å². The smallest absolute Gasteiger partial charge is 0.0701 e. The molecular weight excluding hydrogens is 556 g/mol. The van der Waals surface area contributed by atoms with E-state index in [1.54, 1.807) is 0 Å². The molecule has 0 radical (unpaired) electrons. The molecule has 7 heteroatoms. The van der Waals surface area contributed by atoms with Crippen LogP contribution in [0.15, 0.2) is 0 Å². The molecular formula is C37H74O7. The highest BCUT2D eigenvalue weighted by Gasteiger charge is 2.32. The molecule has 44 heavy (non-hydrogen) atoms. The van der Waals surface area contributed by atoms with Crippen molar-refractivity contribution in [2.24, 2.45) is 5.41 Å². The fraction of sp³-hybridized carbons (Fsp3) is 1.00. The van der Waals surface area contributed by atoms with E-state index in [1.807, 2.05) is 0 Å². The van der Waals surface area contributed by atoms with Gasteiger partial charge in [0, 0.05) is 13.2 Å². The number of ether oxygens (including phenoxy) is 7. The number of hydrogen-bond acceptors (Lipinski definition) is 7. The fourth-order valence-corrected chi connectivity index (χ4v) is 5.57. The molecule has 1 aliphatic rings.